The van der Waals surface area contributed by atoms with E-state index in [9.17, 15) is 4.79 Å². The Kier molecular flexibility index (Phi) is 3.68. The van der Waals surface area contributed by atoms with Crippen molar-refractivity contribution in [2.24, 2.45) is 0 Å². The number of thiophene rings is 1. The van der Waals surface area contributed by atoms with Gasteiger partial charge in [0.2, 0.25) is 0 Å². The summed E-state index contributed by atoms with van der Waals surface area (Å²) in [4.78, 5) is 12.6. The number of rotatable bonds is 3. The summed E-state index contributed by atoms with van der Waals surface area (Å²) < 4.78 is 10.9. The third-order valence-corrected chi connectivity index (χ3v) is 3.87. The molecule has 1 aromatic heterocycles. The van der Waals surface area contributed by atoms with Crippen molar-refractivity contribution in [3.8, 4) is 0 Å². The van der Waals surface area contributed by atoms with Crippen LogP contribution in [0.3, 0.4) is 0 Å². The van der Waals surface area contributed by atoms with Gasteiger partial charge < -0.3 is 20.5 Å². The van der Waals surface area contributed by atoms with Crippen molar-refractivity contribution in [2.45, 2.75) is 6.29 Å². The Morgan fingerprint density at radius 3 is 2.80 bits per heavy atom. The van der Waals surface area contributed by atoms with Gasteiger partial charge in [-0.3, -0.25) is 4.79 Å². The number of nitrogens with one attached hydrogen (secondary N) is 1. The second-order valence-corrected chi connectivity index (χ2v) is 5.27. The third-order valence-electron chi connectivity index (χ3n) is 2.94. The molecule has 0 bridgehead atoms. The summed E-state index contributed by atoms with van der Waals surface area (Å²) in [5.41, 5.74) is 7.81. The maximum Gasteiger partial charge on any atom is 0.267 e. The predicted octanol–water partition coefficient (Wildman–Crippen LogP) is 2.63. The zero-order valence-electron chi connectivity index (χ0n) is 10.7. The molecular weight excluding hydrogens is 276 g/mol. The smallest absolute Gasteiger partial charge is 0.267 e. The maximum absolute atomic E-state index is 12.1. The normalized spacial score (nSPS) is 15.4. The van der Waals surface area contributed by atoms with Crippen LogP contribution in [0, 0.1) is 0 Å². The van der Waals surface area contributed by atoms with Gasteiger partial charge in [0.25, 0.3) is 5.91 Å². The molecule has 0 atom stereocenters. The van der Waals surface area contributed by atoms with E-state index in [4.69, 9.17) is 15.2 Å². The lowest BCUT2D eigenvalue weighted by Gasteiger charge is -2.11. The van der Waals surface area contributed by atoms with Crippen molar-refractivity contribution < 1.29 is 14.3 Å². The minimum atomic E-state index is -0.348. The molecule has 1 saturated heterocycles. The largest absolute Gasteiger partial charge is 0.397 e. The summed E-state index contributed by atoms with van der Waals surface area (Å²) in [7, 11) is 0. The lowest BCUT2D eigenvalue weighted by molar-refractivity contribution is -0.0440. The number of carbonyl (C=O) groups excluding carboxylic acids is 1. The number of hydrogen-bond donors (Lipinski definition) is 2. The second-order valence-electron chi connectivity index (χ2n) is 4.36. The molecule has 0 aliphatic carbocycles. The molecule has 1 amide bonds. The van der Waals surface area contributed by atoms with Gasteiger partial charge >= 0.3 is 0 Å². The lowest BCUT2D eigenvalue weighted by Crippen LogP contribution is -2.12. The SMILES string of the molecule is Nc1ccsc1C(=O)Nc1cccc(C2OCCO2)c1. The topological polar surface area (TPSA) is 73.6 Å². The van der Waals surface area contributed by atoms with Gasteiger partial charge in [0.15, 0.2) is 6.29 Å². The molecule has 3 N–H and O–H groups in total. The number of nitrogens with two attached hydrogens (primary N) is 1. The minimum Gasteiger partial charge on any atom is -0.397 e. The second kappa shape index (κ2) is 5.62. The Morgan fingerprint density at radius 2 is 2.10 bits per heavy atom. The van der Waals surface area contributed by atoms with Crippen molar-refractivity contribution in [2.75, 3.05) is 24.3 Å². The third kappa shape index (κ3) is 2.67. The molecule has 20 heavy (non-hydrogen) atoms. The molecule has 1 aromatic carbocycles. The maximum atomic E-state index is 12.1. The van der Waals surface area contributed by atoms with Crippen molar-refractivity contribution in [1.29, 1.82) is 0 Å². The van der Waals surface area contributed by atoms with E-state index in [1.54, 1.807) is 11.4 Å². The van der Waals surface area contributed by atoms with Crippen LogP contribution in [-0.4, -0.2) is 19.1 Å². The monoisotopic (exact) mass is 290 g/mol. The van der Waals surface area contributed by atoms with E-state index in [0.29, 0.717) is 29.5 Å². The average Bonchev–Trinajstić information content (AvgIpc) is 3.09. The first-order valence-electron chi connectivity index (χ1n) is 6.21. The Morgan fingerprint density at radius 1 is 1.30 bits per heavy atom. The molecule has 3 rings (SSSR count). The molecule has 5 nitrogen and oxygen atoms in total. The van der Waals surface area contributed by atoms with Gasteiger partial charge in [0, 0.05) is 11.3 Å². The highest BCUT2D eigenvalue weighted by Gasteiger charge is 2.19. The van der Waals surface area contributed by atoms with E-state index in [2.05, 4.69) is 5.32 Å². The summed E-state index contributed by atoms with van der Waals surface area (Å²) >= 11 is 1.32. The number of amides is 1. The number of ether oxygens (including phenoxy) is 2. The number of benzene rings is 1. The first-order chi connectivity index (χ1) is 9.74. The number of carbonyl (C=O) groups is 1. The van der Waals surface area contributed by atoms with Gasteiger partial charge in [-0.2, -0.15) is 0 Å². The zero-order chi connectivity index (χ0) is 13.9. The molecule has 0 spiro atoms. The molecule has 2 aromatic rings. The summed E-state index contributed by atoms with van der Waals surface area (Å²) in [6, 6.07) is 9.15. The van der Waals surface area contributed by atoms with Crippen LogP contribution in [0.25, 0.3) is 0 Å². The van der Waals surface area contributed by atoms with Gasteiger partial charge in [0.1, 0.15) is 4.88 Å². The van der Waals surface area contributed by atoms with Gasteiger partial charge in [0.05, 0.1) is 18.9 Å². The number of nitrogen functional groups attached to an aromatic ring is 1. The van der Waals surface area contributed by atoms with E-state index < -0.39 is 0 Å². The van der Waals surface area contributed by atoms with Crippen LogP contribution in [-0.2, 0) is 9.47 Å². The van der Waals surface area contributed by atoms with Crippen LogP contribution in [0.2, 0.25) is 0 Å². The fraction of sp³-hybridized carbons (Fsp3) is 0.214. The molecule has 1 aliphatic rings. The first kappa shape index (κ1) is 13.1. The van der Waals surface area contributed by atoms with Crippen molar-refractivity contribution in [3.63, 3.8) is 0 Å². The van der Waals surface area contributed by atoms with Crippen LogP contribution in [0.4, 0.5) is 11.4 Å². The fourth-order valence-electron chi connectivity index (χ4n) is 2.01. The van der Waals surface area contributed by atoms with Gasteiger partial charge in [-0.15, -0.1) is 11.3 Å². The molecule has 104 valence electrons. The Bertz CT molecular complexity index is 620. The fourth-order valence-corrected chi connectivity index (χ4v) is 2.72. The number of hydrogen-bond acceptors (Lipinski definition) is 5. The Balaban J connectivity index is 1.76. The van der Waals surface area contributed by atoms with E-state index in [0.717, 1.165) is 5.56 Å². The lowest BCUT2D eigenvalue weighted by atomic mass is 10.2. The molecule has 1 aliphatic heterocycles. The molecule has 0 saturated carbocycles. The average molecular weight is 290 g/mol. The summed E-state index contributed by atoms with van der Waals surface area (Å²) in [5.74, 6) is -0.206. The highest BCUT2D eigenvalue weighted by molar-refractivity contribution is 7.12. The van der Waals surface area contributed by atoms with Crippen LogP contribution in [0.15, 0.2) is 35.7 Å². The molecule has 2 heterocycles. The Hall–Kier alpha value is -1.89. The minimum absolute atomic E-state index is 0.206. The highest BCUT2D eigenvalue weighted by atomic mass is 32.1. The van der Waals surface area contributed by atoms with Crippen molar-refractivity contribution in [1.82, 2.24) is 0 Å². The van der Waals surface area contributed by atoms with Crippen molar-refractivity contribution >= 4 is 28.6 Å². The molecule has 6 heteroatoms. The van der Waals surface area contributed by atoms with Gasteiger partial charge in [-0.05, 0) is 23.6 Å². The van der Waals surface area contributed by atoms with E-state index in [1.807, 2.05) is 24.3 Å². The summed E-state index contributed by atoms with van der Waals surface area (Å²) in [6.45, 7) is 1.18. The van der Waals surface area contributed by atoms with Gasteiger partial charge in [-0.1, -0.05) is 12.1 Å². The molecule has 0 unspecified atom stereocenters. The Labute approximate surface area is 120 Å². The quantitative estimate of drug-likeness (QED) is 0.911. The van der Waals surface area contributed by atoms with Crippen LogP contribution in [0.5, 0.6) is 0 Å². The molecular formula is C14H14N2O3S. The molecule has 0 radical (unpaired) electrons. The summed E-state index contributed by atoms with van der Waals surface area (Å²) in [6.07, 6.45) is -0.348. The number of anilines is 2. The zero-order valence-corrected chi connectivity index (χ0v) is 11.5. The van der Waals surface area contributed by atoms with E-state index in [-0.39, 0.29) is 12.2 Å². The summed E-state index contributed by atoms with van der Waals surface area (Å²) in [5, 5.41) is 4.62. The standard InChI is InChI=1S/C14H14N2O3S/c15-11-4-7-20-12(11)13(17)16-10-3-1-2-9(8-10)14-18-5-6-19-14/h1-4,7-8,14H,5-6,15H2,(H,16,17). The van der Waals surface area contributed by atoms with E-state index >= 15 is 0 Å². The highest BCUT2D eigenvalue weighted by Crippen LogP contribution is 2.26. The van der Waals surface area contributed by atoms with Crippen LogP contribution >= 0.6 is 11.3 Å². The predicted molar refractivity (Wildman–Crippen MR) is 77.8 cm³/mol. The first-order valence-corrected chi connectivity index (χ1v) is 7.09. The van der Waals surface area contributed by atoms with Crippen LogP contribution < -0.4 is 11.1 Å². The van der Waals surface area contributed by atoms with E-state index in [1.165, 1.54) is 11.3 Å². The molecule has 1 fully saturated rings. The van der Waals surface area contributed by atoms with Gasteiger partial charge in [-0.25, -0.2) is 0 Å². The van der Waals surface area contributed by atoms with Crippen LogP contribution in [0.1, 0.15) is 21.5 Å². The van der Waals surface area contributed by atoms with Crippen molar-refractivity contribution in [3.05, 3.63) is 46.2 Å².